The van der Waals surface area contributed by atoms with Crippen LogP contribution in [-0.2, 0) is 0 Å². The van der Waals surface area contributed by atoms with Crippen molar-refractivity contribution in [2.24, 2.45) is 5.41 Å². The molecule has 3 heteroatoms. The van der Waals surface area contributed by atoms with E-state index in [9.17, 15) is 0 Å². The molecule has 1 aromatic carbocycles. The largest absolute Gasteiger partial charge is 0.490 e. The summed E-state index contributed by atoms with van der Waals surface area (Å²) in [6, 6.07) is 8.92. The van der Waals surface area contributed by atoms with E-state index in [4.69, 9.17) is 4.74 Å². The maximum Gasteiger partial charge on any atom is 0.119 e. The van der Waals surface area contributed by atoms with E-state index in [-0.39, 0.29) is 0 Å². The fraction of sp³-hybridized carbons (Fsp3) is 0.647. The molecule has 1 spiro atoms. The van der Waals surface area contributed by atoms with Crippen LogP contribution in [-0.4, -0.2) is 18.7 Å². The summed E-state index contributed by atoms with van der Waals surface area (Å²) in [4.78, 5) is 0. The second kappa shape index (κ2) is 6.07. The molecule has 2 aliphatic rings. The number of halogens is 1. The molecule has 0 aliphatic heterocycles. The van der Waals surface area contributed by atoms with Crippen molar-refractivity contribution in [3.63, 3.8) is 0 Å². The average molecular weight is 338 g/mol. The molecule has 2 nitrogen and oxygen atoms in total. The maximum atomic E-state index is 6.31. The summed E-state index contributed by atoms with van der Waals surface area (Å²) in [7, 11) is 0. The summed E-state index contributed by atoms with van der Waals surface area (Å²) in [6.45, 7) is 3.27. The molecule has 2 saturated carbocycles. The van der Waals surface area contributed by atoms with Crippen LogP contribution in [0, 0.1) is 5.41 Å². The van der Waals surface area contributed by atoms with E-state index in [0.717, 1.165) is 23.2 Å². The maximum absolute atomic E-state index is 6.31. The van der Waals surface area contributed by atoms with Crippen molar-refractivity contribution in [2.75, 3.05) is 6.54 Å². The van der Waals surface area contributed by atoms with E-state index < -0.39 is 0 Å². The van der Waals surface area contributed by atoms with Crippen molar-refractivity contribution in [3.8, 4) is 5.75 Å². The third-order valence-corrected chi connectivity index (χ3v) is 5.64. The highest BCUT2D eigenvalue weighted by atomic mass is 79.9. The molecular formula is C17H24BrNO. The molecule has 0 aromatic heterocycles. The minimum absolute atomic E-state index is 0.390. The lowest BCUT2D eigenvalue weighted by atomic mass is 9.55. The average Bonchev–Trinajstić information content (AvgIpc) is 2.49. The SMILES string of the molecule is CCNC1CC(Oc2ccc(Br)cc2)C12CCCCC2. The zero-order valence-corrected chi connectivity index (χ0v) is 13.8. The van der Waals surface area contributed by atoms with Crippen LogP contribution >= 0.6 is 15.9 Å². The molecule has 0 radical (unpaired) electrons. The first kappa shape index (κ1) is 14.4. The minimum atomic E-state index is 0.390. The lowest BCUT2D eigenvalue weighted by Crippen LogP contribution is -2.65. The van der Waals surface area contributed by atoms with E-state index in [0.29, 0.717) is 17.6 Å². The van der Waals surface area contributed by atoms with Crippen molar-refractivity contribution in [2.45, 2.75) is 57.6 Å². The van der Waals surface area contributed by atoms with Gasteiger partial charge < -0.3 is 10.1 Å². The predicted octanol–water partition coefficient (Wildman–Crippen LogP) is 4.53. The fourth-order valence-corrected chi connectivity index (χ4v) is 4.27. The van der Waals surface area contributed by atoms with E-state index >= 15 is 0 Å². The molecular weight excluding hydrogens is 314 g/mol. The molecule has 2 atom stereocenters. The molecule has 1 N–H and O–H groups in total. The molecule has 20 heavy (non-hydrogen) atoms. The molecule has 0 amide bonds. The van der Waals surface area contributed by atoms with Gasteiger partial charge >= 0.3 is 0 Å². The van der Waals surface area contributed by atoms with Gasteiger partial charge in [0.1, 0.15) is 11.9 Å². The fourth-order valence-electron chi connectivity index (χ4n) is 4.00. The minimum Gasteiger partial charge on any atom is -0.490 e. The van der Waals surface area contributed by atoms with Gasteiger partial charge in [0.25, 0.3) is 0 Å². The Hall–Kier alpha value is -0.540. The normalized spacial score (nSPS) is 28.1. The van der Waals surface area contributed by atoms with Crippen LogP contribution in [0.4, 0.5) is 0 Å². The van der Waals surface area contributed by atoms with Crippen LogP contribution in [0.15, 0.2) is 28.7 Å². The first-order valence-electron chi connectivity index (χ1n) is 7.90. The third-order valence-electron chi connectivity index (χ3n) is 5.11. The summed E-state index contributed by atoms with van der Waals surface area (Å²) < 4.78 is 7.42. The Labute approximate surface area is 130 Å². The van der Waals surface area contributed by atoms with Crippen molar-refractivity contribution in [3.05, 3.63) is 28.7 Å². The number of nitrogens with one attached hydrogen (secondary N) is 1. The Kier molecular flexibility index (Phi) is 4.37. The van der Waals surface area contributed by atoms with Gasteiger partial charge in [0, 0.05) is 22.4 Å². The molecule has 2 fully saturated rings. The van der Waals surface area contributed by atoms with Gasteiger partial charge in [0.15, 0.2) is 0 Å². The zero-order chi connectivity index (χ0) is 14.0. The van der Waals surface area contributed by atoms with Crippen LogP contribution in [0.3, 0.4) is 0 Å². The van der Waals surface area contributed by atoms with Crippen LogP contribution in [0.2, 0.25) is 0 Å². The Balaban J connectivity index is 1.71. The van der Waals surface area contributed by atoms with Gasteiger partial charge in [-0.3, -0.25) is 0 Å². The lowest BCUT2D eigenvalue weighted by Gasteiger charge is -2.57. The Bertz CT molecular complexity index is 439. The number of benzene rings is 1. The third kappa shape index (κ3) is 2.62. The number of rotatable bonds is 4. The summed E-state index contributed by atoms with van der Waals surface area (Å²) in [6.07, 6.45) is 8.32. The molecule has 110 valence electrons. The molecule has 0 saturated heterocycles. The lowest BCUT2D eigenvalue weighted by molar-refractivity contribution is -0.102. The highest BCUT2D eigenvalue weighted by Crippen LogP contribution is 2.53. The molecule has 0 bridgehead atoms. The summed E-state index contributed by atoms with van der Waals surface area (Å²) in [5, 5.41) is 3.68. The molecule has 0 heterocycles. The summed E-state index contributed by atoms with van der Waals surface area (Å²) in [5.74, 6) is 1.01. The van der Waals surface area contributed by atoms with Gasteiger partial charge in [-0.05, 0) is 43.7 Å². The van der Waals surface area contributed by atoms with Crippen LogP contribution < -0.4 is 10.1 Å². The van der Waals surface area contributed by atoms with Crippen LogP contribution in [0.25, 0.3) is 0 Å². The van der Waals surface area contributed by atoms with Gasteiger partial charge in [-0.2, -0.15) is 0 Å². The van der Waals surface area contributed by atoms with Crippen molar-refractivity contribution < 1.29 is 4.74 Å². The van der Waals surface area contributed by atoms with Gasteiger partial charge in [-0.25, -0.2) is 0 Å². The van der Waals surface area contributed by atoms with E-state index in [2.05, 4.69) is 52.4 Å². The van der Waals surface area contributed by atoms with E-state index in [1.165, 1.54) is 32.1 Å². The van der Waals surface area contributed by atoms with Crippen molar-refractivity contribution in [1.29, 1.82) is 0 Å². The highest BCUT2D eigenvalue weighted by Gasteiger charge is 2.56. The zero-order valence-electron chi connectivity index (χ0n) is 12.2. The number of hydrogen-bond donors (Lipinski definition) is 1. The standard InChI is InChI=1S/C17H24BrNO/c1-2-19-15-12-16(17(15)10-4-3-5-11-17)20-14-8-6-13(18)7-9-14/h6-9,15-16,19H,2-5,10-12H2,1H3. The molecule has 3 rings (SSSR count). The highest BCUT2D eigenvalue weighted by molar-refractivity contribution is 9.10. The Morgan fingerprint density at radius 1 is 1.20 bits per heavy atom. The van der Waals surface area contributed by atoms with Crippen LogP contribution in [0.5, 0.6) is 5.75 Å². The first-order valence-corrected chi connectivity index (χ1v) is 8.69. The second-order valence-corrected chi connectivity index (χ2v) is 7.12. The van der Waals surface area contributed by atoms with E-state index in [1.54, 1.807) is 0 Å². The van der Waals surface area contributed by atoms with Gasteiger partial charge in [-0.15, -0.1) is 0 Å². The Morgan fingerprint density at radius 2 is 1.90 bits per heavy atom. The topological polar surface area (TPSA) is 21.3 Å². The summed E-state index contributed by atoms with van der Waals surface area (Å²) in [5.41, 5.74) is 0.390. The summed E-state index contributed by atoms with van der Waals surface area (Å²) >= 11 is 3.48. The van der Waals surface area contributed by atoms with Crippen LogP contribution in [0.1, 0.15) is 45.4 Å². The quantitative estimate of drug-likeness (QED) is 0.871. The molecule has 2 aliphatic carbocycles. The Morgan fingerprint density at radius 3 is 2.55 bits per heavy atom. The molecule has 2 unspecified atom stereocenters. The second-order valence-electron chi connectivity index (χ2n) is 6.20. The number of hydrogen-bond acceptors (Lipinski definition) is 2. The first-order chi connectivity index (χ1) is 9.74. The monoisotopic (exact) mass is 337 g/mol. The van der Waals surface area contributed by atoms with E-state index in [1.807, 2.05) is 0 Å². The molecule has 1 aromatic rings. The predicted molar refractivity (Wildman–Crippen MR) is 86.2 cm³/mol. The number of ether oxygens (including phenoxy) is 1. The smallest absolute Gasteiger partial charge is 0.119 e. The van der Waals surface area contributed by atoms with Crippen molar-refractivity contribution in [1.82, 2.24) is 5.32 Å². The van der Waals surface area contributed by atoms with Gasteiger partial charge in [0.05, 0.1) is 0 Å². The van der Waals surface area contributed by atoms with Crippen molar-refractivity contribution >= 4 is 15.9 Å². The van der Waals surface area contributed by atoms with Gasteiger partial charge in [0.2, 0.25) is 0 Å². The van der Waals surface area contributed by atoms with Gasteiger partial charge in [-0.1, -0.05) is 42.1 Å².